The minimum atomic E-state index is -0.108. The summed E-state index contributed by atoms with van der Waals surface area (Å²) in [4.78, 5) is 0. The Kier molecular flexibility index (Phi) is 27.6. The molecule has 0 spiro atoms. The molecule has 12 heteroatoms. The van der Waals surface area contributed by atoms with Gasteiger partial charge in [-0.3, -0.25) is 0 Å². The first kappa shape index (κ1) is 67.1. The van der Waals surface area contributed by atoms with Gasteiger partial charge in [-0.05, 0) is 210 Å². The molecule has 4 aromatic carbocycles. The predicted octanol–water partition coefficient (Wildman–Crippen LogP) is 14.5. The van der Waals surface area contributed by atoms with E-state index < -0.39 is 0 Å². The van der Waals surface area contributed by atoms with Crippen molar-refractivity contribution in [2.24, 2.45) is 0 Å². The highest BCUT2D eigenvalue weighted by Gasteiger charge is 2.28. The first-order chi connectivity index (χ1) is 37.8. The third kappa shape index (κ3) is 27.6. The third-order valence-electron chi connectivity index (χ3n) is 15.6. The fraction of sp³-hybridized carbons (Fsp3) is 0.647. The smallest absolute Gasteiger partial charge is 0.127 e. The van der Waals surface area contributed by atoms with E-state index in [1.807, 2.05) is 48.5 Å². The van der Waals surface area contributed by atoms with Gasteiger partial charge < -0.3 is 42.5 Å². The lowest BCUT2D eigenvalue weighted by molar-refractivity contribution is 0.261. The molecule has 0 radical (unpaired) electrons. The molecule has 0 atom stereocenters. The summed E-state index contributed by atoms with van der Waals surface area (Å²) in [5.41, 5.74) is 3.83. The molecule has 8 nitrogen and oxygen atoms in total. The molecule has 80 heavy (non-hydrogen) atoms. The number of nitrogens with one attached hydrogen (secondary N) is 8. The molecule has 4 saturated carbocycles. The van der Waals surface area contributed by atoms with Crippen molar-refractivity contribution in [3.63, 3.8) is 0 Å². The van der Waals surface area contributed by atoms with Gasteiger partial charge in [0.15, 0.2) is 0 Å². The van der Waals surface area contributed by atoms with Crippen LogP contribution in [0.2, 0.25) is 0 Å². The van der Waals surface area contributed by atoms with Crippen LogP contribution in [0.3, 0.4) is 0 Å². The van der Waals surface area contributed by atoms with Gasteiger partial charge in [-0.1, -0.05) is 72.8 Å². The number of rotatable bonds is 16. The number of hydrogen-bond donors (Lipinski definition) is 8. The minimum Gasteiger partial charge on any atom is -0.310 e. The van der Waals surface area contributed by atoms with Crippen molar-refractivity contribution < 1.29 is 17.6 Å². The maximum atomic E-state index is 13.5. The molecule has 0 bridgehead atoms. The Balaban J connectivity index is 0.000000196. The van der Waals surface area contributed by atoms with Crippen LogP contribution in [0.15, 0.2) is 97.1 Å². The summed E-state index contributed by atoms with van der Waals surface area (Å²) in [5.74, 6) is -0.433. The second-order valence-electron chi connectivity index (χ2n) is 27.7. The highest BCUT2D eigenvalue weighted by Crippen LogP contribution is 2.25. The van der Waals surface area contributed by atoms with Gasteiger partial charge in [0, 0.05) is 119 Å². The first-order valence-electron chi connectivity index (χ1n) is 30.7. The molecule has 8 N–H and O–H groups in total. The van der Waals surface area contributed by atoms with Crippen molar-refractivity contribution >= 4 is 0 Å². The number of hydrogen-bond acceptors (Lipinski definition) is 8. The molecule has 4 fully saturated rings. The summed E-state index contributed by atoms with van der Waals surface area (Å²) >= 11 is 0. The van der Waals surface area contributed by atoms with Crippen LogP contribution < -0.4 is 42.5 Å². The predicted molar refractivity (Wildman–Crippen MR) is 329 cm³/mol. The standard InChI is InChI=1S/4C17H27FN2/c4*1-17(2,3)20-15-10-8-14(9-11-15)19-12-13-6-4-5-7-16(13)18/h4*4-7,14-15,19-20H,8-12H2,1-3H3. The van der Waals surface area contributed by atoms with Gasteiger partial charge in [-0.25, -0.2) is 17.6 Å². The minimum absolute atomic E-state index is 0.108. The Labute approximate surface area is 483 Å². The number of halogens is 4. The largest absolute Gasteiger partial charge is 0.310 e. The van der Waals surface area contributed by atoms with E-state index >= 15 is 0 Å². The second kappa shape index (κ2) is 32.9. The van der Waals surface area contributed by atoms with Crippen molar-refractivity contribution in [1.29, 1.82) is 0 Å². The zero-order valence-corrected chi connectivity index (χ0v) is 51.5. The van der Waals surface area contributed by atoms with Crippen molar-refractivity contribution in [2.75, 3.05) is 0 Å². The zero-order valence-electron chi connectivity index (χ0n) is 51.5. The van der Waals surface area contributed by atoms with Crippen molar-refractivity contribution in [1.82, 2.24) is 42.5 Å². The fourth-order valence-electron chi connectivity index (χ4n) is 11.8. The van der Waals surface area contributed by atoms with Gasteiger partial charge in [0.2, 0.25) is 0 Å². The van der Waals surface area contributed by atoms with Gasteiger partial charge in [0.1, 0.15) is 23.3 Å². The van der Waals surface area contributed by atoms with Crippen LogP contribution in [0.1, 0.15) is 208 Å². The van der Waals surface area contributed by atoms with Gasteiger partial charge in [-0.15, -0.1) is 0 Å². The molecule has 4 aliphatic carbocycles. The quantitative estimate of drug-likeness (QED) is 0.0526. The van der Waals surface area contributed by atoms with E-state index in [0.29, 0.717) is 74.5 Å². The van der Waals surface area contributed by atoms with Crippen molar-refractivity contribution in [3.05, 3.63) is 143 Å². The maximum Gasteiger partial charge on any atom is 0.127 e. The van der Waals surface area contributed by atoms with Gasteiger partial charge in [0.05, 0.1) is 0 Å². The fourth-order valence-corrected chi connectivity index (χ4v) is 11.8. The Bertz CT molecular complexity index is 1990. The molecule has 448 valence electrons. The molecule has 0 aliphatic heterocycles. The van der Waals surface area contributed by atoms with Gasteiger partial charge >= 0.3 is 0 Å². The average Bonchev–Trinajstić information content (AvgIpc) is 3.38. The van der Waals surface area contributed by atoms with Crippen LogP contribution in [-0.2, 0) is 26.2 Å². The van der Waals surface area contributed by atoms with Gasteiger partial charge in [-0.2, -0.15) is 0 Å². The van der Waals surface area contributed by atoms with E-state index in [1.165, 1.54) is 127 Å². The molecule has 4 aliphatic rings. The molecular formula is C68H108F4N8. The Morgan fingerprint density at radius 3 is 0.562 bits per heavy atom. The highest BCUT2D eigenvalue weighted by atomic mass is 19.1. The van der Waals surface area contributed by atoms with E-state index in [4.69, 9.17) is 0 Å². The lowest BCUT2D eigenvalue weighted by Crippen LogP contribution is -2.47. The molecule has 8 rings (SSSR count). The van der Waals surface area contributed by atoms with E-state index in [-0.39, 0.29) is 45.4 Å². The summed E-state index contributed by atoms with van der Waals surface area (Å²) in [5, 5.41) is 28.7. The summed E-state index contributed by atoms with van der Waals surface area (Å²) < 4.78 is 54.2. The lowest BCUT2D eigenvalue weighted by Gasteiger charge is -2.34. The second-order valence-corrected chi connectivity index (χ2v) is 27.7. The monoisotopic (exact) mass is 1110 g/mol. The average molecular weight is 1110 g/mol. The summed E-state index contributed by atoms with van der Waals surface area (Å²) in [7, 11) is 0. The number of benzene rings is 4. The maximum absolute atomic E-state index is 13.5. The molecular weight excluding hydrogens is 1000 g/mol. The van der Waals surface area contributed by atoms with Crippen LogP contribution in [0.5, 0.6) is 0 Å². The van der Waals surface area contributed by atoms with Crippen LogP contribution in [0, 0.1) is 23.3 Å². The molecule has 0 unspecified atom stereocenters. The van der Waals surface area contributed by atoms with Crippen LogP contribution in [-0.4, -0.2) is 70.5 Å². The molecule has 0 aromatic heterocycles. The normalized spacial score (nSPS) is 23.8. The van der Waals surface area contributed by atoms with E-state index in [1.54, 1.807) is 24.3 Å². The summed E-state index contributed by atoms with van der Waals surface area (Å²) in [6.45, 7) is 29.1. The molecule has 0 amide bonds. The van der Waals surface area contributed by atoms with Crippen molar-refractivity contribution in [2.45, 2.75) is 282 Å². The van der Waals surface area contributed by atoms with E-state index in [2.05, 4.69) is 126 Å². The van der Waals surface area contributed by atoms with Crippen LogP contribution in [0.4, 0.5) is 17.6 Å². The molecule has 4 aromatic rings. The van der Waals surface area contributed by atoms with E-state index in [0.717, 1.165) is 22.3 Å². The summed E-state index contributed by atoms with van der Waals surface area (Å²) in [6, 6.07) is 32.7. The Morgan fingerprint density at radius 2 is 0.412 bits per heavy atom. The van der Waals surface area contributed by atoms with Gasteiger partial charge in [0.25, 0.3) is 0 Å². The zero-order chi connectivity index (χ0) is 58.4. The van der Waals surface area contributed by atoms with Crippen molar-refractivity contribution in [3.8, 4) is 0 Å². The topological polar surface area (TPSA) is 96.2 Å². The third-order valence-corrected chi connectivity index (χ3v) is 15.6. The van der Waals surface area contributed by atoms with Crippen LogP contribution >= 0.6 is 0 Å². The lowest BCUT2D eigenvalue weighted by atomic mass is 9.89. The highest BCUT2D eigenvalue weighted by molar-refractivity contribution is 5.20. The summed E-state index contributed by atoms with van der Waals surface area (Å²) in [6.07, 6.45) is 19.0. The Hall–Kier alpha value is -3.72. The molecule has 0 heterocycles. The van der Waals surface area contributed by atoms with E-state index in [9.17, 15) is 17.6 Å². The molecule has 0 saturated heterocycles. The first-order valence-corrected chi connectivity index (χ1v) is 30.7. The SMILES string of the molecule is CC(C)(C)NC1CCC(NCc2ccccc2F)CC1.CC(C)(C)NC1CCC(NCc2ccccc2F)CC1.CC(C)(C)NC1CCC(NCc2ccccc2F)CC1.CC(C)(C)NC1CCC(NCc2ccccc2F)CC1. The van der Waals surface area contributed by atoms with Crippen LogP contribution in [0.25, 0.3) is 0 Å². The Morgan fingerprint density at radius 1 is 0.263 bits per heavy atom.